The van der Waals surface area contributed by atoms with Gasteiger partial charge in [0, 0.05) is 8.80 Å². The van der Waals surface area contributed by atoms with Crippen LogP contribution in [-0.4, -0.2) is 14.3 Å². The van der Waals surface area contributed by atoms with E-state index in [-0.39, 0.29) is 52.1 Å². The van der Waals surface area contributed by atoms with E-state index in [0.29, 0.717) is 5.04 Å². The fraction of sp³-hybridized carbons (Fsp3) is 0.733. The summed E-state index contributed by atoms with van der Waals surface area (Å²) in [7, 11) is -0.663. The van der Waals surface area contributed by atoms with Gasteiger partial charge in [-0.05, 0) is 0 Å². The van der Waals surface area contributed by atoms with Crippen LogP contribution in [0.5, 0.6) is 0 Å². The smallest absolute Gasteiger partial charge is 0.673 e. The molecule has 0 fully saturated rings. The van der Waals surface area contributed by atoms with Gasteiger partial charge in [0.15, 0.2) is 0 Å². The molecule has 0 spiro atoms. The van der Waals surface area contributed by atoms with Crippen molar-refractivity contribution >= 4 is 33.6 Å². The quantitative estimate of drug-likeness (QED) is 0.398. The third-order valence-corrected chi connectivity index (χ3v) is 6.39. The van der Waals surface area contributed by atoms with Gasteiger partial charge < -0.3 is 5.73 Å². The van der Waals surface area contributed by atoms with E-state index >= 15 is 0 Å². The maximum atomic E-state index is 6.94. The van der Waals surface area contributed by atoms with Gasteiger partial charge in [-0.15, -0.1) is 37.3 Å². The van der Waals surface area contributed by atoms with Gasteiger partial charge in [0.25, 0.3) is 0 Å². The summed E-state index contributed by atoms with van der Waals surface area (Å²) < 4.78 is 0. The predicted octanol–water partition coefficient (Wildman–Crippen LogP) is 6.01. The molecule has 0 bridgehead atoms. The van der Waals surface area contributed by atoms with E-state index in [1.165, 1.54) is 11.1 Å². The standard InChI is InChI=1S/C11H19Si.C4H10N.2ClH.Ti/c1-8-7-11(4,12(5)6)10(3)9(8)2;1-4(2,3)5;;;/h12H,1-6H3;5H,1-3H3;2*1H;/q2*-1;;;+2. The third kappa shape index (κ3) is 9.07. The predicted molar refractivity (Wildman–Crippen MR) is 96.6 cm³/mol. The Morgan fingerprint density at radius 2 is 1.35 bits per heavy atom. The van der Waals surface area contributed by atoms with E-state index in [9.17, 15) is 0 Å². The summed E-state index contributed by atoms with van der Waals surface area (Å²) in [5.41, 5.74) is 11.1. The van der Waals surface area contributed by atoms with Crippen LogP contribution in [0.1, 0.15) is 48.5 Å². The first-order chi connectivity index (χ1) is 7.39. The number of allylic oxidation sites excluding steroid dienone is 4. The topological polar surface area (TPSA) is 23.8 Å². The Bertz CT molecular complexity index is 340. The summed E-state index contributed by atoms with van der Waals surface area (Å²) in [6, 6.07) is 0. The van der Waals surface area contributed by atoms with Crippen molar-refractivity contribution in [2.45, 2.75) is 72.1 Å². The summed E-state index contributed by atoms with van der Waals surface area (Å²) in [4.78, 5) is 0. The van der Waals surface area contributed by atoms with Crippen molar-refractivity contribution in [2.24, 2.45) is 0 Å². The van der Waals surface area contributed by atoms with Gasteiger partial charge in [-0.2, -0.15) is 11.1 Å². The van der Waals surface area contributed by atoms with Crippen molar-refractivity contribution in [3.63, 3.8) is 0 Å². The van der Waals surface area contributed by atoms with E-state index in [4.69, 9.17) is 5.73 Å². The van der Waals surface area contributed by atoms with Crippen LogP contribution in [0.15, 0.2) is 16.7 Å². The SMILES string of the molecule is CC(C)(C)[NH-].CC1=[C-]C(C)([SiH](C)C)C(C)=C1C.Cl.Cl.[Ti+2]. The molecule has 1 aliphatic rings. The van der Waals surface area contributed by atoms with Crippen LogP contribution < -0.4 is 0 Å². The average Bonchev–Trinajstić information content (AvgIpc) is 2.29. The molecule has 1 nitrogen and oxygen atoms in total. The molecule has 0 amide bonds. The van der Waals surface area contributed by atoms with Crippen LogP contribution >= 0.6 is 24.8 Å². The molecular weight excluding hydrogens is 341 g/mol. The number of hydrogen-bond donors (Lipinski definition) is 0. The van der Waals surface area contributed by atoms with Crippen molar-refractivity contribution < 1.29 is 21.7 Å². The van der Waals surface area contributed by atoms with Gasteiger partial charge in [0.2, 0.25) is 0 Å². The molecule has 0 aliphatic heterocycles. The molecular formula is C15H31Cl2NSiTi. The third-order valence-electron chi connectivity index (χ3n) is 3.51. The molecule has 0 radical (unpaired) electrons. The molecule has 0 saturated heterocycles. The van der Waals surface area contributed by atoms with Crippen molar-refractivity contribution in [1.82, 2.24) is 0 Å². The average molecular weight is 372 g/mol. The molecule has 118 valence electrons. The summed E-state index contributed by atoms with van der Waals surface area (Å²) in [6.45, 7) is 19.4. The van der Waals surface area contributed by atoms with E-state index in [1.807, 2.05) is 20.8 Å². The maximum Gasteiger partial charge on any atom is 2.00 e. The van der Waals surface area contributed by atoms with Crippen LogP contribution in [0.3, 0.4) is 0 Å². The fourth-order valence-electron chi connectivity index (χ4n) is 1.83. The minimum absolute atomic E-state index is 0. The first-order valence-electron chi connectivity index (χ1n) is 6.44. The maximum absolute atomic E-state index is 6.94. The molecule has 0 aromatic rings. The zero-order valence-corrected chi connectivity index (χ0v) is 18.7. The van der Waals surface area contributed by atoms with Crippen LogP contribution in [-0.2, 0) is 21.7 Å². The molecule has 0 heterocycles. The minimum Gasteiger partial charge on any atom is -0.673 e. The van der Waals surface area contributed by atoms with Crippen LogP contribution in [0.2, 0.25) is 18.1 Å². The Labute approximate surface area is 155 Å². The van der Waals surface area contributed by atoms with E-state index in [1.54, 1.807) is 5.57 Å². The molecule has 1 rings (SSSR count). The Morgan fingerprint density at radius 1 is 1.05 bits per heavy atom. The minimum atomic E-state index is -0.663. The first-order valence-corrected chi connectivity index (χ1v) is 9.33. The number of halogens is 2. The number of rotatable bonds is 1. The fourth-order valence-corrected chi connectivity index (χ4v) is 3.41. The number of hydrogen-bond acceptors (Lipinski definition) is 0. The summed E-state index contributed by atoms with van der Waals surface area (Å²) in [6.07, 6.45) is 3.63. The Morgan fingerprint density at radius 3 is 1.45 bits per heavy atom. The summed E-state index contributed by atoms with van der Waals surface area (Å²) >= 11 is 0. The molecule has 5 heteroatoms. The molecule has 1 N–H and O–H groups in total. The monoisotopic (exact) mass is 371 g/mol. The van der Waals surface area contributed by atoms with Crippen molar-refractivity contribution in [2.75, 3.05) is 0 Å². The van der Waals surface area contributed by atoms with Gasteiger partial charge >= 0.3 is 21.7 Å². The van der Waals surface area contributed by atoms with Crippen molar-refractivity contribution in [3.8, 4) is 0 Å². The van der Waals surface area contributed by atoms with E-state index in [2.05, 4.69) is 46.9 Å². The van der Waals surface area contributed by atoms with Gasteiger partial charge in [-0.1, -0.05) is 59.7 Å². The van der Waals surface area contributed by atoms with E-state index in [0.717, 1.165) is 0 Å². The second-order valence-corrected chi connectivity index (χ2v) is 10.1. The normalized spacial score (nSPS) is 21.1. The summed E-state index contributed by atoms with van der Waals surface area (Å²) in [5.74, 6) is 0. The van der Waals surface area contributed by atoms with Gasteiger partial charge in [-0.25, -0.2) is 5.57 Å². The van der Waals surface area contributed by atoms with Crippen LogP contribution in [0, 0.1) is 6.08 Å². The Balaban J connectivity index is -0.000000141. The van der Waals surface area contributed by atoms with Crippen LogP contribution in [0.4, 0.5) is 0 Å². The molecule has 0 aromatic heterocycles. The second-order valence-electron chi connectivity index (χ2n) is 6.61. The van der Waals surface area contributed by atoms with Crippen molar-refractivity contribution in [3.05, 3.63) is 28.5 Å². The van der Waals surface area contributed by atoms with Crippen LogP contribution in [0.25, 0.3) is 5.73 Å². The van der Waals surface area contributed by atoms with Gasteiger partial charge in [0.1, 0.15) is 0 Å². The molecule has 1 atom stereocenters. The first kappa shape index (κ1) is 29.0. The Hall–Kier alpha value is 0.951. The molecule has 1 unspecified atom stereocenters. The molecule has 0 saturated carbocycles. The van der Waals surface area contributed by atoms with Gasteiger partial charge in [0.05, 0.1) is 0 Å². The molecule has 0 aromatic carbocycles. The zero-order chi connectivity index (χ0) is 14.0. The largest absolute Gasteiger partial charge is 2.00 e. The summed E-state index contributed by atoms with van der Waals surface area (Å²) in [5, 5.41) is 0.328. The Kier molecular flexibility index (Phi) is 15.4. The molecule has 1 aliphatic carbocycles. The zero-order valence-electron chi connectivity index (χ0n) is 14.4. The van der Waals surface area contributed by atoms with E-state index < -0.39 is 8.80 Å². The molecule has 20 heavy (non-hydrogen) atoms. The van der Waals surface area contributed by atoms with Crippen molar-refractivity contribution in [1.29, 1.82) is 0 Å². The number of nitrogens with one attached hydrogen (secondary N) is 1. The second kappa shape index (κ2) is 10.6. The van der Waals surface area contributed by atoms with Gasteiger partial charge in [-0.3, -0.25) is 6.08 Å².